The van der Waals surface area contributed by atoms with Crippen molar-refractivity contribution in [2.75, 3.05) is 12.3 Å². The molecule has 0 saturated carbocycles. The Kier molecular flexibility index (Phi) is 13.3. The number of carbonyl (C=O) groups is 4. The first kappa shape index (κ1) is 27.1. The van der Waals surface area contributed by atoms with Crippen molar-refractivity contribution < 1.29 is 24.3 Å². The molecule has 0 bridgehead atoms. The molecule has 0 aromatic rings. The van der Waals surface area contributed by atoms with Gasteiger partial charge in [-0.2, -0.15) is 12.6 Å². The number of unbranched alkanes of at least 4 members (excludes halogenated alkanes) is 1. The maximum Gasteiger partial charge on any atom is 0.326 e. The SMILES string of the molecule is CCC(C)C(NC(=O)C(C)NC(=O)C(N)CS)C(=O)NC(CCCCN)C(=O)O. The van der Waals surface area contributed by atoms with Crippen molar-refractivity contribution in [2.24, 2.45) is 17.4 Å². The van der Waals surface area contributed by atoms with Gasteiger partial charge in [0.1, 0.15) is 18.1 Å². The minimum Gasteiger partial charge on any atom is -0.480 e. The third-order valence-corrected chi connectivity index (χ3v) is 5.03. The second-order valence-corrected chi connectivity index (χ2v) is 7.44. The molecule has 10 nitrogen and oxygen atoms in total. The molecule has 0 spiro atoms. The molecule has 0 heterocycles. The van der Waals surface area contributed by atoms with Crippen LogP contribution in [0.25, 0.3) is 0 Å². The van der Waals surface area contributed by atoms with Crippen molar-refractivity contribution in [1.82, 2.24) is 16.0 Å². The topological polar surface area (TPSA) is 177 Å². The highest BCUT2D eigenvalue weighted by atomic mass is 32.1. The number of carboxylic acids is 1. The van der Waals surface area contributed by atoms with Gasteiger partial charge in [0.2, 0.25) is 17.7 Å². The lowest BCUT2D eigenvalue weighted by atomic mass is 9.97. The van der Waals surface area contributed by atoms with Crippen molar-refractivity contribution in [3.63, 3.8) is 0 Å². The van der Waals surface area contributed by atoms with E-state index in [-0.39, 0.29) is 18.1 Å². The summed E-state index contributed by atoms with van der Waals surface area (Å²) < 4.78 is 0. The fraction of sp³-hybridized carbons (Fsp3) is 0.778. The van der Waals surface area contributed by atoms with Gasteiger partial charge in [0.15, 0.2) is 0 Å². The lowest BCUT2D eigenvalue weighted by Gasteiger charge is -2.27. The van der Waals surface area contributed by atoms with Crippen LogP contribution in [0.3, 0.4) is 0 Å². The van der Waals surface area contributed by atoms with E-state index in [4.69, 9.17) is 11.5 Å². The van der Waals surface area contributed by atoms with Crippen molar-refractivity contribution in [3.05, 3.63) is 0 Å². The molecule has 0 aliphatic carbocycles. The monoisotopic (exact) mass is 433 g/mol. The number of hydrogen-bond acceptors (Lipinski definition) is 7. The number of amides is 3. The maximum atomic E-state index is 12.7. The number of carboxylic acid groups (broad SMARTS) is 1. The molecule has 0 saturated heterocycles. The predicted molar refractivity (Wildman–Crippen MR) is 113 cm³/mol. The van der Waals surface area contributed by atoms with Crippen LogP contribution in [0.15, 0.2) is 0 Å². The van der Waals surface area contributed by atoms with Gasteiger partial charge in [0.05, 0.1) is 6.04 Å². The fourth-order valence-electron chi connectivity index (χ4n) is 2.46. The third-order valence-electron chi connectivity index (χ3n) is 4.64. The van der Waals surface area contributed by atoms with Gasteiger partial charge in [0, 0.05) is 5.75 Å². The molecule has 5 atom stereocenters. The Labute approximate surface area is 177 Å². The molecular formula is C18H35N5O5S. The Hall–Kier alpha value is -1.85. The highest BCUT2D eigenvalue weighted by molar-refractivity contribution is 7.80. The zero-order valence-corrected chi connectivity index (χ0v) is 18.2. The summed E-state index contributed by atoms with van der Waals surface area (Å²) in [6, 6.07) is -3.79. The quantitative estimate of drug-likeness (QED) is 0.135. The summed E-state index contributed by atoms with van der Waals surface area (Å²) in [6.45, 7) is 5.53. The summed E-state index contributed by atoms with van der Waals surface area (Å²) in [4.78, 5) is 48.4. The second kappa shape index (κ2) is 14.2. The van der Waals surface area contributed by atoms with Crippen molar-refractivity contribution >= 4 is 36.3 Å². The van der Waals surface area contributed by atoms with Crippen LogP contribution in [0.1, 0.15) is 46.5 Å². The maximum absolute atomic E-state index is 12.7. The van der Waals surface area contributed by atoms with Gasteiger partial charge in [-0.05, 0) is 38.6 Å². The van der Waals surface area contributed by atoms with E-state index in [1.54, 1.807) is 6.92 Å². The van der Waals surface area contributed by atoms with Crippen LogP contribution in [0.4, 0.5) is 0 Å². The number of rotatable bonds is 14. The minimum atomic E-state index is -1.15. The minimum absolute atomic E-state index is 0.124. The molecule has 0 rings (SSSR count). The largest absolute Gasteiger partial charge is 0.480 e. The molecule has 0 aliphatic rings. The van der Waals surface area contributed by atoms with E-state index < -0.39 is 47.9 Å². The van der Waals surface area contributed by atoms with E-state index in [0.717, 1.165) is 0 Å². The first-order valence-corrected chi connectivity index (χ1v) is 10.4. The van der Waals surface area contributed by atoms with E-state index in [1.807, 2.05) is 6.92 Å². The van der Waals surface area contributed by atoms with Crippen LogP contribution < -0.4 is 27.4 Å². The van der Waals surface area contributed by atoms with E-state index in [0.29, 0.717) is 25.8 Å². The summed E-state index contributed by atoms with van der Waals surface area (Å²) in [5, 5.41) is 16.9. The van der Waals surface area contributed by atoms with Crippen LogP contribution in [-0.4, -0.2) is 65.3 Å². The normalized spacial score (nSPS) is 16.1. The molecule has 168 valence electrons. The third kappa shape index (κ3) is 9.95. The number of nitrogens with two attached hydrogens (primary N) is 2. The van der Waals surface area contributed by atoms with Crippen molar-refractivity contribution in [3.8, 4) is 0 Å². The molecule has 29 heavy (non-hydrogen) atoms. The van der Waals surface area contributed by atoms with E-state index >= 15 is 0 Å². The molecule has 0 aliphatic heterocycles. The molecule has 5 unspecified atom stereocenters. The molecule has 11 heteroatoms. The van der Waals surface area contributed by atoms with Crippen LogP contribution in [0.5, 0.6) is 0 Å². The van der Waals surface area contributed by atoms with Crippen molar-refractivity contribution in [1.29, 1.82) is 0 Å². The summed E-state index contributed by atoms with van der Waals surface area (Å²) in [5.41, 5.74) is 11.0. The molecule has 8 N–H and O–H groups in total. The summed E-state index contributed by atoms with van der Waals surface area (Å²) in [6.07, 6.45) is 2.03. The van der Waals surface area contributed by atoms with Crippen LogP contribution in [0, 0.1) is 5.92 Å². The first-order valence-electron chi connectivity index (χ1n) is 9.79. The Bertz CT molecular complexity index is 563. The number of thiol groups is 1. The summed E-state index contributed by atoms with van der Waals surface area (Å²) >= 11 is 3.94. The van der Waals surface area contributed by atoms with Crippen molar-refractivity contribution in [2.45, 2.75) is 70.6 Å². The molecule has 0 fully saturated rings. The van der Waals surface area contributed by atoms with Gasteiger partial charge in [-0.3, -0.25) is 14.4 Å². The van der Waals surface area contributed by atoms with E-state index in [9.17, 15) is 24.3 Å². The lowest BCUT2D eigenvalue weighted by molar-refractivity contribution is -0.142. The molecule has 0 aromatic heterocycles. The van der Waals surface area contributed by atoms with Gasteiger partial charge in [-0.15, -0.1) is 0 Å². The highest BCUT2D eigenvalue weighted by Gasteiger charge is 2.31. The Morgan fingerprint density at radius 2 is 1.62 bits per heavy atom. The van der Waals surface area contributed by atoms with Gasteiger partial charge in [-0.1, -0.05) is 20.3 Å². The van der Waals surface area contributed by atoms with Gasteiger partial charge in [-0.25, -0.2) is 4.79 Å². The standard InChI is InChI=1S/C18H35N5O5S/c1-4-10(2)14(17(26)22-13(18(27)28)7-5-6-8-19)23-15(24)11(3)21-16(25)12(20)9-29/h10-14,29H,4-9,19-20H2,1-3H3,(H,21,25)(H,22,26)(H,23,24)(H,27,28). The molecule has 0 aromatic carbocycles. The average Bonchev–Trinajstić information content (AvgIpc) is 2.69. The van der Waals surface area contributed by atoms with Gasteiger partial charge < -0.3 is 32.5 Å². The fourth-order valence-corrected chi connectivity index (χ4v) is 2.63. The van der Waals surface area contributed by atoms with Gasteiger partial charge in [0.25, 0.3) is 0 Å². The second-order valence-electron chi connectivity index (χ2n) is 7.08. The zero-order valence-electron chi connectivity index (χ0n) is 17.3. The van der Waals surface area contributed by atoms with Crippen LogP contribution >= 0.6 is 12.6 Å². The molecule has 0 radical (unpaired) electrons. The number of hydrogen-bond donors (Lipinski definition) is 7. The highest BCUT2D eigenvalue weighted by Crippen LogP contribution is 2.10. The number of aliphatic carboxylic acids is 1. The molecule has 3 amide bonds. The number of nitrogens with one attached hydrogen (secondary N) is 3. The summed E-state index contributed by atoms with van der Waals surface area (Å²) in [5.74, 6) is -2.96. The Balaban J connectivity index is 5.09. The lowest BCUT2D eigenvalue weighted by Crippen LogP contribution is -2.58. The van der Waals surface area contributed by atoms with E-state index in [1.165, 1.54) is 6.92 Å². The Morgan fingerprint density at radius 1 is 1.00 bits per heavy atom. The smallest absolute Gasteiger partial charge is 0.326 e. The number of carbonyl (C=O) groups excluding carboxylic acids is 3. The average molecular weight is 434 g/mol. The zero-order chi connectivity index (χ0) is 22.6. The predicted octanol–water partition coefficient (Wildman–Crippen LogP) is -1.02. The van der Waals surface area contributed by atoms with E-state index in [2.05, 4.69) is 28.6 Å². The van der Waals surface area contributed by atoms with Crippen LogP contribution in [-0.2, 0) is 19.2 Å². The first-order chi connectivity index (χ1) is 13.6. The Morgan fingerprint density at radius 3 is 2.10 bits per heavy atom. The molecular weight excluding hydrogens is 398 g/mol. The van der Waals surface area contributed by atoms with Gasteiger partial charge >= 0.3 is 5.97 Å². The van der Waals surface area contributed by atoms with Crippen LogP contribution in [0.2, 0.25) is 0 Å². The summed E-state index contributed by atoms with van der Waals surface area (Å²) in [7, 11) is 0.